The molecule has 4 nitrogen and oxygen atoms in total. The highest BCUT2D eigenvalue weighted by atomic mass is 16.3. The lowest BCUT2D eigenvalue weighted by atomic mass is 10.1. The minimum atomic E-state index is 0.699. The van der Waals surface area contributed by atoms with Crippen molar-refractivity contribution in [2.75, 3.05) is 5.43 Å². The zero-order chi connectivity index (χ0) is 13.1. The van der Waals surface area contributed by atoms with Crippen LogP contribution in [-0.2, 0) is 0 Å². The fourth-order valence-electron chi connectivity index (χ4n) is 1.93. The molecule has 0 aliphatic carbocycles. The molecule has 1 N–H and O–H groups in total. The standard InChI is InChI=1S/C15H13N3O/c1-11-9-15(17-14-7-3-2-6-13(11)14)18-16-10-12-5-4-8-19-12/h2-10H,1H3,(H,17,18). The highest BCUT2D eigenvalue weighted by Gasteiger charge is 2.00. The summed E-state index contributed by atoms with van der Waals surface area (Å²) in [7, 11) is 0. The van der Waals surface area contributed by atoms with Gasteiger partial charge in [-0.15, -0.1) is 0 Å². The van der Waals surface area contributed by atoms with Crippen molar-refractivity contribution in [2.24, 2.45) is 5.10 Å². The van der Waals surface area contributed by atoms with E-state index in [0.29, 0.717) is 5.76 Å². The molecule has 3 aromatic rings. The zero-order valence-electron chi connectivity index (χ0n) is 10.5. The molecule has 19 heavy (non-hydrogen) atoms. The third-order valence-electron chi connectivity index (χ3n) is 2.84. The Morgan fingerprint density at radius 2 is 2.11 bits per heavy atom. The zero-order valence-corrected chi connectivity index (χ0v) is 10.5. The summed E-state index contributed by atoms with van der Waals surface area (Å²) >= 11 is 0. The Kier molecular flexibility index (Phi) is 2.98. The number of fused-ring (bicyclic) bond motifs is 1. The van der Waals surface area contributed by atoms with Crippen LogP contribution < -0.4 is 5.43 Å². The number of para-hydroxylation sites is 1. The summed E-state index contributed by atoms with van der Waals surface area (Å²) in [6.45, 7) is 2.06. The highest BCUT2D eigenvalue weighted by Crippen LogP contribution is 2.19. The largest absolute Gasteiger partial charge is 0.463 e. The lowest BCUT2D eigenvalue weighted by molar-refractivity contribution is 0.560. The Bertz CT molecular complexity index is 717. The quantitative estimate of drug-likeness (QED) is 0.571. The van der Waals surface area contributed by atoms with Gasteiger partial charge in [0.25, 0.3) is 0 Å². The van der Waals surface area contributed by atoms with Crippen molar-refractivity contribution in [3.63, 3.8) is 0 Å². The summed E-state index contributed by atoms with van der Waals surface area (Å²) in [5.41, 5.74) is 5.04. The Labute approximate surface area is 110 Å². The SMILES string of the molecule is Cc1cc(NN=Cc2ccco2)nc2ccccc12. The minimum absolute atomic E-state index is 0.699. The number of aromatic nitrogens is 1. The minimum Gasteiger partial charge on any atom is -0.463 e. The molecule has 0 aliphatic heterocycles. The van der Waals surface area contributed by atoms with Crippen LogP contribution in [0.1, 0.15) is 11.3 Å². The molecule has 1 aromatic carbocycles. The lowest BCUT2D eigenvalue weighted by Gasteiger charge is -2.05. The molecule has 0 saturated heterocycles. The normalized spacial score (nSPS) is 11.2. The second-order valence-electron chi connectivity index (χ2n) is 4.23. The number of aryl methyl sites for hydroxylation is 1. The molecule has 94 valence electrons. The number of hydrogen-bond donors (Lipinski definition) is 1. The maximum atomic E-state index is 5.16. The monoisotopic (exact) mass is 251 g/mol. The van der Waals surface area contributed by atoms with E-state index < -0.39 is 0 Å². The van der Waals surface area contributed by atoms with Gasteiger partial charge in [0.05, 0.1) is 18.0 Å². The topological polar surface area (TPSA) is 50.4 Å². The first-order valence-electron chi connectivity index (χ1n) is 6.02. The third-order valence-corrected chi connectivity index (χ3v) is 2.84. The fourth-order valence-corrected chi connectivity index (χ4v) is 1.93. The lowest BCUT2D eigenvalue weighted by Crippen LogP contribution is -1.95. The van der Waals surface area contributed by atoms with Gasteiger partial charge in [-0.3, -0.25) is 5.43 Å². The molecule has 0 aliphatic rings. The first-order chi connectivity index (χ1) is 9.33. The number of hydrogen-bond acceptors (Lipinski definition) is 4. The number of hydrazone groups is 1. The van der Waals surface area contributed by atoms with E-state index in [1.807, 2.05) is 36.4 Å². The summed E-state index contributed by atoms with van der Waals surface area (Å²) in [6.07, 6.45) is 3.23. The smallest absolute Gasteiger partial charge is 0.147 e. The van der Waals surface area contributed by atoms with Gasteiger partial charge in [0.1, 0.15) is 11.6 Å². The van der Waals surface area contributed by atoms with E-state index in [2.05, 4.69) is 28.5 Å². The number of pyridine rings is 1. The van der Waals surface area contributed by atoms with Crippen molar-refractivity contribution in [1.29, 1.82) is 0 Å². The van der Waals surface area contributed by atoms with E-state index in [1.165, 1.54) is 5.56 Å². The van der Waals surface area contributed by atoms with Crippen molar-refractivity contribution in [1.82, 2.24) is 4.98 Å². The van der Waals surface area contributed by atoms with Gasteiger partial charge in [0, 0.05) is 5.39 Å². The molecular formula is C15H13N3O. The van der Waals surface area contributed by atoms with Crippen LogP contribution in [0.5, 0.6) is 0 Å². The van der Waals surface area contributed by atoms with E-state index in [9.17, 15) is 0 Å². The molecule has 4 heteroatoms. The number of benzene rings is 1. The fraction of sp³-hybridized carbons (Fsp3) is 0.0667. The molecule has 3 rings (SSSR count). The maximum Gasteiger partial charge on any atom is 0.147 e. The summed E-state index contributed by atoms with van der Waals surface area (Å²) < 4.78 is 5.16. The Morgan fingerprint density at radius 3 is 2.95 bits per heavy atom. The number of nitrogens with zero attached hydrogens (tertiary/aromatic N) is 2. The molecule has 0 spiro atoms. The van der Waals surface area contributed by atoms with Crippen LogP contribution in [-0.4, -0.2) is 11.2 Å². The maximum absolute atomic E-state index is 5.16. The molecule has 0 bridgehead atoms. The van der Waals surface area contributed by atoms with Crippen LogP contribution in [0.4, 0.5) is 5.82 Å². The van der Waals surface area contributed by atoms with Crippen molar-refractivity contribution in [2.45, 2.75) is 6.92 Å². The first kappa shape index (κ1) is 11.5. The molecule has 2 heterocycles. The number of anilines is 1. The molecule has 0 radical (unpaired) electrons. The summed E-state index contributed by atoms with van der Waals surface area (Å²) in [4.78, 5) is 4.50. The van der Waals surface area contributed by atoms with Crippen LogP contribution in [0.15, 0.2) is 58.2 Å². The predicted octanol–water partition coefficient (Wildman–Crippen LogP) is 3.58. The van der Waals surface area contributed by atoms with Gasteiger partial charge in [-0.25, -0.2) is 4.98 Å². The van der Waals surface area contributed by atoms with Crippen LogP contribution in [0, 0.1) is 6.92 Å². The predicted molar refractivity (Wildman–Crippen MR) is 76.4 cm³/mol. The molecular weight excluding hydrogens is 238 g/mol. The Balaban J connectivity index is 1.85. The average molecular weight is 251 g/mol. The molecule has 2 aromatic heterocycles. The van der Waals surface area contributed by atoms with Crippen LogP contribution in [0.3, 0.4) is 0 Å². The molecule has 0 unspecified atom stereocenters. The van der Waals surface area contributed by atoms with Gasteiger partial charge < -0.3 is 4.42 Å². The van der Waals surface area contributed by atoms with Gasteiger partial charge in [-0.1, -0.05) is 18.2 Å². The second-order valence-corrected chi connectivity index (χ2v) is 4.23. The van der Waals surface area contributed by atoms with Crippen molar-refractivity contribution in [3.05, 3.63) is 60.1 Å². The van der Waals surface area contributed by atoms with Crippen molar-refractivity contribution in [3.8, 4) is 0 Å². The summed E-state index contributed by atoms with van der Waals surface area (Å²) in [5.74, 6) is 1.42. The summed E-state index contributed by atoms with van der Waals surface area (Å²) in [5, 5.41) is 5.26. The van der Waals surface area contributed by atoms with Crippen LogP contribution in [0.2, 0.25) is 0 Å². The summed E-state index contributed by atoms with van der Waals surface area (Å²) in [6, 6.07) is 13.7. The number of nitrogens with one attached hydrogen (secondary N) is 1. The van der Waals surface area contributed by atoms with Crippen LogP contribution in [0.25, 0.3) is 10.9 Å². The molecule has 0 fully saturated rings. The Morgan fingerprint density at radius 1 is 1.21 bits per heavy atom. The molecule has 0 atom stereocenters. The second kappa shape index (κ2) is 4.94. The third kappa shape index (κ3) is 2.47. The number of furan rings is 1. The van der Waals surface area contributed by atoms with Gasteiger partial charge in [0.2, 0.25) is 0 Å². The van der Waals surface area contributed by atoms with Gasteiger partial charge >= 0.3 is 0 Å². The van der Waals surface area contributed by atoms with Crippen molar-refractivity contribution >= 4 is 22.9 Å². The van der Waals surface area contributed by atoms with Crippen molar-refractivity contribution < 1.29 is 4.42 Å². The van der Waals surface area contributed by atoms with E-state index >= 15 is 0 Å². The van der Waals surface area contributed by atoms with E-state index in [4.69, 9.17) is 4.42 Å². The Hall–Kier alpha value is -2.62. The van der Waals surface area contributed by atoms with E-state index in [0.717, 1.165) is 16.7 Å². The first-order valence-corrected chi connectivity index (χ1v) is 6.02. The van der Waals surface area contributed by atoms with Gasteiger partial charge in [-0.05, 0) is 36.8 Å². The number of rotatable bonds is 3. The molecule has 0 saturated carbocycles. The van der Waals surface area contributed by atoms with E-state index in [-0.39, 0.29) is 0 Å². The molecule has 0 amide bonds. The van der Waals surface area contributed by atoms with E-state index in [1.54, 1.807) is 12.5 Å². The van der Waals surface area contributed by atoms with Crippen LogP contribution >= 0.6 is 0 Å². The average Bonchev–Trinajstić information content (AvgIpc) is 2.92. The van der Waals surface area contributed by atoms with Gasteiger partial charge in [0.15, 0.2) is 0 Å². The van der Waals surface area contributed by atoms with Gasteiger partial charge in [-0.2, -0.15) is 5.10 Å². The highest BCUT2D eigenvalue weighted by molar-refractivity contribution is 5.84.